The molecular formula is C8H5N5O2. The third-order valence-corrected chi connectivity index (χ3v) is 1.38. The van der Waals surface area contributed by atoms with Gasteiger partial charge in [0, 0.05) is 11.0 Å². The maximum absolute atomic E-state index is 10.3. The molecule has 0 aliphatic heterocycles. The highest BCUT2D eigenvalue weighted by Gasteiger charge is 2.04. The Hall–Kier alpha value is -2.58. The van der Waals surface area contributed by atoms with Crippen LogP contribution in [0.1, 0.15) is 5.56 Å². The van der Waals surface area contributed by atoms with Crippen molar-refractivity contribution in [3.05, 3.63) is 44.5 Å². The van der Waals surface area contributed by atoms with E-state index < -0.39 is 4.92 Å². The lowest BCUT2D eigenvalue weighted by Crippen LogP contribution is -1.91. The second-order valence-corrected chi connectivity index (χ2v) is 2.35. The summed E-state index contributed by atoms with van der Waals surface area (Å²) < 4.78 is 0. The summed E-state index contributed by atoms with van der Waals surface area (Å²) in [4.78, 5) is 15.8. The van der Waals surface area contributed by atoms with Crippen molar-refractivity contribution in [3.8, 4) is 11.8 Å². The zero-order valence-corrected chi connectivity index (χ0v) is 7.49. The first-order chi connectivity index (χ1) is 7.24. The zero-order valence-electron chi connectivity index (χ0n) is 7.49. The van der Waals surface area contributed by atoms with Gasteiger partial charge >= 0.3 is 5.82 Å². The van der Waals surface area contributed by atoms with Gasteiger partial charge < -0.3 is 10.1 Å². The molecule has 0 aromatic carbocycles. The smallest absolute Gasteiger partial charge is 0.358 e. The fourth-order valence-electron chi connectivity index (χ4n) is 0.777. The van der Waals surface area contributed by atoms with Crippen LogP contribution >= 0.6 is 0 Å². The molecule has 74 valence electrons. The number of rotatable bonds is 2. The van der Waals surface area contributed by atoms with Gasteiger partial charge in [-0.05, 0) is 21.5 Å². The maximum atomic E-state index is 10.3. The molecule has 0 unspecified atom stereocenters. The topological polar surface area (TPSA) is 105 Å². The van der Waals surface area contributed by atoms with E-state index in [1.165, 1.54) is 18.3 Å². The molecule has 7 nitrogen and oxygen atoms in total. The van der Waals surface area contributed by atoms with Gasteiger partial charge in [0.15, 0.2) is 6.20 Å². The summed E-state index contributed by atoms with van der Waals surface area (Å²) in [5, 5.41) is 13.5. The van der Waals surface area contributed by atoms with E-state index in [1.807, 2.05) is 0 Å². The Morgan fingerprint density at radius 2 is 2.47 bits per heavy atom. The van der Waals surface area contributed by atoms with E-state index in [9.17, 15) is 10.1 Å². The third kappa shape index (κ3) is 3.34. The highest BCUT2D eigenvalue weighted by atomic mass is 16.6. The van der Waals surface area contributed by atoms with Gasteiger partial charge in [0.25, 0.3) is 0 Å². The summed E-state index contributed by atoms with van der Waals surface area (Å²) in [7, 11) is 0. The van der Waals surface area contributed by atoms with Gasteiger partial charge in [-0.3, -0.25) is 0 Å². The molecule has 0 fully saturated rings. The molecule has 15 heavy (non-hydrogen) atoms. The fraction of sp³-hybridized carbons (Fsp3) is 0.125. The molecule has 0 amide bonds. The van der Waals surface area contributed by atoms with E-state index in [4.69, 9.17) is 5.53 Å². The Labute approximate surface area is 84.5 Å². The predicted octanol–water partition coefficient (Wildman–Crippen LogP) is 1.65. The number of azide groups is 1. The van der Waals surface area contributed by atoms with Crippen molar-refractivity contribution < 1.29 is 4.92 Å². The fourth-order valence-corrected chi connectivity index (χ4v) is 0.777. The van der Waals surface area contributed by atoms with Gasteiger partial charge in [-0.2, -0.15) is 0 Å². The van der Waals surface area contributed by atoms with E-state index in [2.05, 4.69) is 26.9 Å². The summed E-state index contributed by atoms with van der Waals surface area (Å²) in [5.74, 6) is 4.99. The third-order valence-electron chi connectivity index (χ3n) is 1.38. The maximum Gasteiger partial charge on any atom is 0.363 e. The normalized spacial score (nSPS) is 8.27. The molecule has 1 aromatic rings. The number of aromatic nitrogens is 1. The molecule has 0 spiro atoms. The largest absolute Gasteiger partial charge is 0.363 e. The summed E-state index contributed by atoms with van der Waals surface area (Å²) >= 11 is 0. The van der Waals surface area contributed by atoms with Crippen LogP contribution in [-0.2, 0) is 0 Å². The molecule has 7 heteroatoms. The number of pyridine rings is 1. The Bertz CT molecular complexity index is 464. The van der Waals surface area contributed by atoms with Crippen LogP contribution in [0.2, 0.25) is 0 Å². The van der Waals surface area contributed by atoms with Gasteiger partial charge in [0.05, 0.1) is 12.1 Å². The van der Waals surface area contributed by atoms with Gasteiger partial charge in [-0.1, -0.05) is 17.0 Å². The summed E-state index contributed by atoms with van der Waals surface area (Å²) in [6.45, 7) is 0.0630. The van der Waals surface area contributed by atoms with Crippen LogP contribution in [0, 0.1) is 22.0 Å². The lowest BCUT2D eigenvalue weighted by atomic mass is 10.3. The molecule has 0 radical (unpaired) electrons. The first-order valence-electron chi connectivity index (χ1n) is 3.84. The van der Waals surface area contributed by atoms with Crippen molar-refractivity contribution >= 4 is 5.82 Å². The first-order valence-corrected chi connectivity index (χ1v) is 3.84. The standard InChI is InChI=1S/C8H5N5O2/c9-12-11-5-1-2-7-3-4-8(10-6-7)13(14)15/h3-4,6H,5H2. The van der Waals surface area contributed by atoms with Crippen molar-refractivity contribution in [1.82, 2.24) is 4.98 Å². The van der Waals surface area contributed by atoms with E-state index >= 15 is 0 Å². The summed E-state index contributed by atoms with van der Waals surface area (Å²) in [5.41, 5.74) is 8.50. The van der Waals surface area contributed by atoms with E-state index in [-0.39, 0.29) is 12.4 Å². The summed E-state index contributed by atoms with van der Waals surface area (Å²) in [6.07, 6.45) is 1.29. The molecule has 0 bridgehead atoms. The minimum Gasteiger partial charge on any atom is -0.358 e. The Kier molecular flexibility index (Phi) is 3.65. The molecule has 0 aliphatic carbocycles. The first kappa shape index (κ1) is 10.5. The van der Waals surface area contributed by atoms with E-state index in [0.29, 0.717) is 5.56 Å². The number of hydrogen-bond acceptors (Lipinski definition) is 4. The van der Waals surface area contributed by atoms with Crippen molar-refractivity contribution in [3.63, 3.8) is 0 Å². The quantitative estimate of drug-likeness (QED) is 0.182. The van der Waals surface area contributed by atoms with Crippen LogP contribution in [0.4, 0.5) is 5.82 Å². The van der Waals surface area contributed by atoms with Crippen LogP contribution in [0.5, 0.6) is 0 Å². The molecular weight excluding hydrogens is 198 g/mol. The van der Waals surface area contributed by atoms with Crippen molar-refractivity contribution in [2.24, 2.45) is 5.11 Å². The van der Waals surface area contributed by atoms with E-state index in [0.717, 1.165) is 0 Å². The van der Waals surface area contributed by atoms with Gasteiger partial charge in [-0.25, -0.2) is 0 Å². The van der Waals surface area contributed by atoms with Crippen LogP contribution in [0.25, 0.3) is 10.4 Å². The Morgan fingerprint density at radius 3 is 3.00 bits per heavy atom. The molecule has 0 aliphatic rings. The lowest BCUT2D eigenvalue weighted by molar-refractivity contribution is -0.389. The highest BCUT2D eigenvalue weighted by Crippen LogP contribution is 2.05. The average Bonchev–Trinajstić information content (AvgIpc) is 2.25. The van der Waals surface area contributed by atoms with Crippen LogP contribution in [0.15, 0.2) is 23.4 Å². The molecule has 0 atom stereocenters. The monoisotopic (exact) mass is 203 g/mol. The minimum absolute atomic E-state index is 0.0630. The predicted molar refractivity (Wildman–Crippen MR) is 51.8 cm³/mol. The lowest BCUT2D eigenvalue weighted by Gasteiger charge is -1.89. The average molecular weight is 203 g/mol. The second kappa shape index (κ2) is 5.21. The molecule has 0 saturated heterocycles. The molecule has 1 aromatic heterocycles. The molecule has 1 heterocycles. The van der Waals surface area contributed by atoms with E-state index in [1.54, 1.807) is 0 Å². The molecule has 0 N–H and O–H groups in total. The van der Waals surface area contributed by atoms with Crippen LogP contribution in [-0.4, -0.2) is 16.5 Å². The second-order valence-electron chi connectivity index (χ2n) is 2.35. The van der Waals surface area contributed by atoms with Crippen molar-refractivity contribution in [2.75, 3.05) is 6.54 Å². The Morgan fingerprint density at radius 1 is 1.67 bits per heavy atom. The van der Waals surface area contributed by atoms with Crippen molar-refractivity contribution in [1.29, 1.82) is 0 Å². The number of nitrogens with zero attached hydrogens (tertiary/aromatic N) is 5. The number of hydrogen-bond donors (Lipinski definition) is 0. The minimum atomic E-state index is -0.586. The highest BCUT2D eigenvalue weighted by molar-refractivity contribution is 5.35. The van der Waals surface area contributed by atoms with Crippen LogP contribution < -0.4 is 0 Å². The van der Waals surface area contributed by atoms with Crippen molar-refractivity contribution in [2.45, 2.75) is 0 Å². The van der Waals surface area contributed by atoms with Crippen LogP contribution in [0.3, 0.4) is 0 Å². The van der Waals surface area contributed by atoms with Gasteiger partial charge in [0.2, 0.25) is 0 Å². The number of nitro groups is 1. The Balaban J connectivity index is 2.75. The summed E-state index contributed by atoms with van der Waals surface area (Å²) in [6, 6.07) is 2.74. The molecule has 1 rings (SSSR count). The SMILES string of the molecule is [N-]=[N+]=NCC#Cc1ccc([N+](=O)[O-])nc1. The van der Waals surface area contributed by atoms with Gasteiger partial charge in [0.1, 0.15) is 0 Å². The molecule has 0 saturated carbocycles. The zero-order chi connectivity index (χ0) is 11.1. The van der Waals surface area contributed by atoms with Gasteiger partial charge in [-0.15, -0.1) is 0 Å².